The van der Waals surface area contributed by atoms with Gasteiger partial charge in [-0.3, -0.25) is 4.79 Å². The van der Waals surface area contributed by atoms with Gasteiger partial charge >= 0.3 is 5.97 Å². The van der Waals surface area contributed by atoms with Crippen LogP contribution in [-0.4, -0.2) is 47.7 Å². The van der Waals surface area contributed by atoms with Crippen LogP contribution in [0.3, 0.4) is 0 Å². The second kappa shape index (κ2) is 6.55. The molecule has 7 heteroatoms. The molecule has 1 unspecified atom stereocenters. The van der Waals surface area contributed by atoms with E-state index in [0.29, 0.717) is 19.5 Å². The number of carboxylic acid groups (broad SMARTS) is 1. The van der Waals surface area contributed by atoms with Crippen molar-refractivity contribution in [3.8, 4) is 0 Å². The highest BCUT2D eigenvalue weighted by atomic mass is 32.2. The van der Waals surface area contributed by atoms with Crippen molar-refractivity contribution in [1.82, 2.24) is 8.61 Å². The van der Waals surface area contributed by atoms with E-state index in [1.807, 2.05) is 30.3 Å². The van der Waals surface area contributed by atoms with Gasteiger partial charge in [0.25, 0.3) is 10.2 Å². The van der Waals surface area contributed by atoms with E-state index in [0.717, 1.165) is 5.56 Å². The van der Waals surface area contributed by atoms with Gasteiger partial charge in [0.2, 0.25) is 0 Å². The number of nitrogens with zero attached hydrogens (tertiary/aromatic N) is 2. The minimum atomic E-state index is -3.61. The Hall–Kier alpha value is -1.44. The van der Waals surface area contributed by atoms with Crippen molar-refractivity contribution >= 4 is 16.2 Å². The minimum Gasteiger partial charge on any atom is -0.481 e. The van der Waals surface area contributed by atoms with Gasteiger partial charge in [0.05, 0.1) is 5.92 Å². The average molecular weight is 312 g/mol. The summed E-state index contributed by atoms with van der Waals surface area (Å²) in [5.74, 6) is -1.53. The summed E-state index contributed by atoms with van der Waals surface area (Å²) in [5.41, 5.74) is 0.914. The lowest BCUT2D eigenvalue weighted by atomic mass is 10.1. The smallest absolute Gasteiger partial charge is 0.307 e. The molecule has 1 aliphatic rings. The number of hydrogen-bond donors (Lipinski definition) is 1. The maximum Gasteiger partial charge on any atom is 0.307 e. The molecule has 0 amide bonds. The summed E-state index contributed by atoms with van der Waals surface area (Å²) in [6, 6.07) is 9.37. The van der Waals surface area contributed by atoms with Crippen molar-refractivity contribution in [3.05, 3.63) is 35.9 Å². The lowest BCUT2D eigenvalue weighted by Gasteiger charge is -2.26. The fourth-order valence-corrected chi connectivity index (χ4v) is 4.12. The predicted octanol–water partition coefficient (Wildman–Crippen LogP) is 1.16. The van der Waals surface area contributed by atoms with E-state index in [9.17, 15) is 13.2 Å². The summed E-state index contributed by atoms with van der Waals surface area (Å²) in [4.78, 5) is 11.0. The van der Waals surface area contributed by atoms with Gasteiger partial charge in [-0.25, -0.2) is 0 Å². The van der Waals surface area contributed by atoms with E-state index < -0.39 is 22.1 Å². The van der Waals surface area contributed by atoms with E-state index in [2.05, 4.69) is 0 Å². The third-order valence-electron chi connectivity index (χ3n) is 3.71. The molecule has 0 radical (unpaired) electrons. The molecular weight excluding hydrogens is 292 g/mol. The molecule has 0 aromatic heterocycles. The molecule has 1 atom stereocenters. The first-order valence-corrected chi connectivity index (χ1v) is 8.36. The molecule has 1 fully saturated rings. The standard InChI is InChI=1S/C14H20N2O4S/c1-2-15(10-12-6-4-3-5-7-12)21(19,20)16-9-8-13(11-16)14(17)18/h3-7,13H,2,8-11H2,1H3,(H,17,18). The van der Waals surface area contributed by atoms with Crippen LogP contribution < -0.4 is 0 Å². The van der Waals surface area contributed by atoms with E-state index in [1.54, 1.807) is 6.92 Å². The van der Waals surface area contributed by atoms with Gasteiger partial charge in [0.15, 0.2) is 0 Å². The molecule has 1 heterocycles. The molecule has 0 saturated carbocycles. The molecule has 21 heavy (non-hydrogen) atoms. The van der Waals surface area contributed by atoms with Crippen molar-refractivity contribution in [2.75, 3.05) is 19.6 Å². The third-order valence-corrected chi connectivity index (χ3v) is 5.73. The summed E-state index contributed by atoms with van der Waals surface area (Å²) in [7, 11) is -3.61. The molecule has 2 rings (SSSR count). The first-order chi connectivity index (χ1) is 9.95. The molecule has 1 N–H and O–H groups in total. The third kappa shape index (κ3) is 3.61. The van der Waals surface area contributed by atoms with Crippen LogP contribution in [-0.2, 0) is 21.5 Å². The van der Waals surface area contributed by atoms with Crippen molar-refractivity contribution in [2.24, 2.45) is 5.92 Å². The van der Waals surface area contributed by atoms with Crippen LogP contribution in [0.4, 0.5) is 0 Å². The molecule has 0 spiro atoms. The number of carbonyl (C=O) groups is 1. The van der Waals surface area contributed by atoms with Gasteiger partial charge in [-0.1, -0.05) is 37.3 Å². The molecule has 0 aliphatic carbocycles. The quantitative estimate of drug-likeness (QED) is 0.855. The van der Waals surface area contributed by atoms with Crippen molar-refractivity contribution in [2.45, 2.75) is 19.9 Å². The zero-order valence-corrected chi connectivity index (χ0v) is 12.8. The largest absolute Gasteiger partial charge is 0.481 e. The Kier molecular flexibility index (Phi) is 4.97. The summed E-state index contributed by atoms with van der Waals surface area (Å²) in [6.07, 6.45) is 0.372. The SMILES string of the molecule is CCN(Cc1ccccc1)S(=O)(=O)N1CCC(C(=O)O)C1. The fraction of sp³-hybridized carbons (Fsp3) is 0.500. The lowest BCUT2D eigenvalue weighted by molar-refractivity contribution is -0.141. The average Bonchev–Trinajstić information content (AvgIpc) is 2.96. The summed E-state index contributed by atoms with van der Waals surface area (Å²) in [5, 5.41) is 8.99. The Morgan fingerprint density at radius 3 is 2.57 bits per heavy atom. The monoisotopic (exact) mass is 312 g/mol. The van der Waals surface area contributed by atoms with Gasteiger partial charge in [-0.2, -0.15) is 17.0 Å². The fourth-order valence-electron chi connectivity index (χ4n) is 2.45. The number of benzene rings is 1. The molecule has 116 valence electrons. The van der Waals surface area contributed by atoms with Crippen LogP contribution in [0.25, 0.3) is 0 Å². The molecule has 1 saturated heterocycles. The maximum absolute atomic E-state index is 12.6. The zero-order valence-electron chi connectivity index (χ0n) is 12.0. The Morgan fingerprint density at radius 2 is 2.05 bits per heavy atom. The first-order valence-electron chi connectivity index (χ1n) is 6.97. The normalized spacial score (nSPS) is 20.0. The minimum absolute atomic E-state index is 0.0585. The topological polar surface area (TPSA) is 77.9 Å². The molecular formula is C14H20N2O4S. The molecule has 0 bridgehead atoms. The van der Waals surface area contributed by atoms with E-state index in [-0.39, 0.29) is 13.1 Å². The summed E-state index contributed by atoms with van der Waals surface area (Å²) in [6.45, 7) is 2.76. The maximum atomic E-state index is 12.6. The van der Waals surface area contributed by atoms with Gasteiger partial charge in [0, 0.05) is 26.2 Å². The highest BCUT2D eigenvalue weighted by Gasteiger charge is 2.37. The Balaban J connectivity index is 2.11. The van der Waals surface area contributed by atoms with Crippen LogP contribution in [0.2, 0.25) is 0 Å². The van der Waals surface area contributed by atoms with Crippen molar-refractivity contribution < 1.29 is 18.3 Å². The van der Waals surface area contributed by atoms with Crippen LogP contribution in [0.15, 0.2) is 30.3 Å². The molecule has 1 aliphatic heterocycles. The van der Waals surface area contributed by atoms with E-state index >= 15 is 0 Å². The van der Waals surface area contributed by atoms with Crippen LogP contribution in [0.1, 0.15) is 18.9 Å². The Bertz CT molecular complexity index is 588. The number of carboxylic acids is 1. The Labute approximate surface area is 125 Å². The van der Waals surface area contributed by atoms with Gasteiger partial charge in [0.1, 0.15) is 0 Å². The van der Waals surface area contributed by atoms with Crippen LogP contribution >= 0.6 is 0 Å². The number of hydrogen-bond acceptors (Lipinski definition) is 3. The zero-order chi connectivity index (χ0) is 15.5. The van der Waals surface area contributed by atoms with Crippen LogP contribution in [0, 0.1) is 5.92 Å². The van der Waals surface area contributed by atoms with Crippen LogP contribution in [0.5, 0.6) is 0 Å². The second-order valence-corrected chi connectivity index (χ2v) is 7.03. The van der Waals surface area contributed by atoms with E-state index in [1.165, 1.54) is 8.61 Å². The molecule has 1 aromatic carbocycles. The number of rotatable bonds is 6. The van der Waals surface area contributed by atoms with Crippen molar-refractivity contribution in [3.63, 3.8) is 0 Å². The number of aliphatic carboxylic acids is 1. The molecule has 1 aromatic rings. The first kappa shape index (κ1) is 15.9. The summed E-state index contributed by atoms with van der Waals surface area (Å²) >= 11 is 0. The van der Waals surface area contributed by atoms with E-state index in [4.69, 9.17) is 5.11 Å². The van der Waals surface area contributed by atoms with Crippen molar-refractivity contribution in [1.29, 1.82) is 0 Å². The summed E-state index contributed by atoms with van der Waals surface area (Å²) < 4.78 is 27.8. The molecule has 6 nitrogen and oxygen atoms in total. The highest BCUT2D eigenvalue weighted by Crippen LogP contribution is 2.22. The van der Waals surface area contributed by atoms with Gasteiger partial charge < -0.3 is 5.11 Å². The Morgan fingerprint density at radius 1 is 1.38 bits per heavy atom. The van der Waals surface area contributed by atoms with Gasteiger partial charge in [-0.05, 0) is 12.0 Å². The van der Waals surface area contributed by atoms with Gasteiger partial charge in [-0.15, -0.1) is 0 Å². The highest BCUT2D eigenvalue weighted by molar-refractivity contribution is 7.86. The predicted molar refractivity (Wildman–Crippen MR) is 78.8 cm³/mol. The second-order valence-electron chi connectivity index (χ2n) is 5.10. The lowest BCUT2D eigenvalue weighted by Crippen LogP contribution is -2.42.